The van der Waals surface area contributed by atoms with E-state index in [-0.39, 0.29) is 6.17 Å². The van der Waals surface area contributed by atoms with Gasteiger partial charge in [-0.3, -0.25) is 4.57 Å². The van der Waals surface area contributed by atoms with E-state index < -0.39 is 0 Å². The van der Waals surface area contributed by atoms with Gasteiger partial charge in [0.15, 0.2) is 5.84 Å². The van der Waals surface area contributed by atoms with Gasteiger partial charge in [0.25, 0.3) is 0 Å². The average molecular weight is 718 g/mol. The summed E-state index contributed by atoms with van der Waals surface area (Å²) in [5.74, 6) is 1.45. The van der Waals surface area contributed by atoms with Gasteiger partial charge in [0.2, 0.25) is 5.96 Å². The first kappa shape index (κ1) is 32.0. The fourth-order valence-electron chi connectivity index (χ4n) is 8.34. The van der Waals surface area contributed by atoms with Crippen molar-refractivity contribution in [3.05, 3.63) is 211 Å². The summed E-state index contributed by atoms with van der Waals surface area (Å²) in [4.78, 5) is 10.3. The first-order valence-corrected chi connectivity index (χ1v) is 19.0. The van der Waals surface area contributed by atoms with Crippen molar-refractivity contribution in [2.45, 2.75) is 6.17 Å². The van der Waals surface area contributed by atoms with E-state index >= 15 is 0 Å². The van der Waals surface area contributed by atoms with Crippen LogP contribution in [0.2, 0.25) is 0 Å². The molecule has 5 heteroatoms. The lowest BCUT2D eigenvalue weighted by atomic mass is 10.0. The normalized spacial score (nSPS) is 14.2. The van der Waals surface area contributed by atoms with Crippen LogP contribution < -0.4 is 5.32 Å². The van der Waals surface area contributed by atoms with Crippen LogP contribution in [0.15, 0.2) is 210 Å². The molecule has 56 heavy (non-hydrogen) atoms. The summed E-state index contributed by atoms with van der Waals surface area (Å²) in [6.07, 6.45) is -0.288. The van der Waals surface area contributed by atoms with Crippen molar-refractivity contribution in [1.29, 1.82) is 0 Å². The molecule has 3 heterocycles. The second kappa shape index (κ2) is 13.1. The summed E-state index contributed by atoms with van der Waals surface area (Å²) in [6.45, 7) is 0. The zero-order chi connectivity index (χ0) is 37.0. The molecule has 11 rings (SSSR count). The van der Waals surface area contributed by atoms with Gasteiger partial charge in [0.05, 0.1) is 22.1 Å². The maximum atomic E-state index is 5.18. The highest BCUT2D eigenvalue weighted by Gasteiger charge is 2.24. The minimum atomic E-state index is -0.288. The third kappa shape index (κ3) is 5.32. The fraction of sp³-hybridized carbons (Fsp3) is 0.0196. The van der Waals surface area contributed by atoms with Crippen molar-refractivity contribution in [3.63, 3.8) is 0 Å². The summed E-state index contributed by atoms with van der Waals surface area (Å²) >= 11 is 0. The molecule has 0 fully saturated rings. The van der Waals surface area contributed by atoms with E-state index in [9.17, 15) is 0 Å². The lowest BCUT2D eigenvalue weighted by Gasteiger charge is -2.24. The highest BCUT2D eigenvalue weighted by atomic mass is 15.3. The van der Waals surface area contributed by atoms with Gasteiger partial charge in [-0.2, -0.15) is 4.99 Å². The maximum absolute atomic E-state index is 5.18. The Morgan fingerprint density at radius 1 is 0.375 bits per heavy atom. The van der Waals surface area contributed by atoms with Crippen LogP contribution in [0.25, 0.3) is 71.6 Å². The van der Waals surface area contributed by atoms with Crippen LogP contribution in [0.1, 0.15) is 17.3 Å². The summed E-state index contributed by atoms with van der Waals surface area (Å²) in [7, 11) is 0. The molecule has 1 aliphatic rings. The topological polar surface area (TPSA) is 46.6 Å². The van der Waals surface area contributed by atoms with Crippen molar-refractivity contribution < 1.29 is 0 Å². The quantitative estimate of drug-likeness (QED) is 0.189. The third-order valence-corrected chi connectivity index (χ3v) is 11.0. The van der Waals surface area contributed by atoms with Crippen molar-refractivity contribution >= 4 is 55.4 Å². The number of nitrogens with one attached hydrogen (secondary N) is 1. The zero-order valence-electron chi connectivity index (χ0n) is 30.4. The van der Waals surface area contributed by atoms with E-state index in [1.165, 1.54) is 49.3 Å². The number of fused-ring (bicyclic) bond motifs is 6. The lowest BCUT2D eigenvalue weighted by molar-refractivity contribution is 0.661. The number of rotatable bonds is 5. The summed E-state index contributed by atoms with van der Waals surface area (Å²) in [6, 6.07) is 71.1. The van der Waals surface area contributed by atoms with Crippen LogP contribution in [0.4, 0.5) is 0 Å². The van der Waals surface area contributed by atoms with E-state index in [2.05, 4.69) is 190 Å². The number of amidine groups is 1. The Kier molecular flexibility index (Phi) is 7.49. The van der Waals surface area contributed by atoms with Crippen LogP contribution in [-0.4, -0.2) is 20.9 Å². The molecular formula is C51H35N5. The van der Waals surface area contributed by atoms with Gasteiger partial charge in [-0.05, 0) is 76.3 Å². The molecule has 1 unspecified atom stereocenters. The monoisotopic (exact) mass is 717 g/mol. The van der Waals surface area contributed by atoms with Gasteiger partial charge in [-0.1, -0.05) is 152 Å². The Morgan fingerprint density at radius 3 is 1.54 bits per heavy atom. The van der Waals surface area contributed by atoms with Crippen LogP contribution in [-0.2, 0) is 0 Å². The average Bonchev–Trinajstić information content (AvgIpc) is 3.79. The van der Waals surface area contributed by atoms with Crippen LogP contribution in [0.3, 0.4) is 0 Å². The molecule has 10 aromatic rings. The Morgan fingerprint density at radius 2 is 0.875 bits per heavy atom. The number of para-hydroxylation sites is 2. The Bertz CT molecular complexity index is 3150. The van der Waals surface area contributed by atoms with E-state index in [0.717, 1.165) is 39.4 Å². The van der Waals surface area contributed by atoms with Crippen molar-refractivity contribution in [2.24, 2.45) is 9.98 Å². The van der Waals surface area contributed by atoms with Gasteiger partial charge >= 0.3 is 0 Å². The maximum Gasteiger partial charge on any atom is 0.211 e. The second-order valence-corrected chi connectivity index (χ2v) is 14.3. The van der Waals surface area contributed by atoms with Gasteiger partial charge in [-0.25, -0.2) is 4.99 Å². The second-order valence-electron chi connectivity index (χ2n) is 14.3. The molecule has 0 amide bonds. The smallest absolute Gasteiger partial charge is 0.211 e. The largest absolute Gasteiger partial charge is 0.330 e. The summed E-state index contributed by atoms with van der Waals surface area (Å²) in [5.41, 5.74) is 12.5. The van der Waals surface area contributed by atoms with E-state index in [1.807, 2.05) is 24.3 Å². The molecule has 0 saturated carbocycles. The van der Waals surface area contributed by atoms with E-state index in [1.54, 1.807) is 0 Å². The predicted octanol–water partition coefficient (Wildman–Crippen LogP) is 12.2. The van der Waals surface area contributed by atoms with Gasteiger partial charge < -0.3 is 9.88 Å². The number of hydrogen-bond donors (Lipinski definition) is 1. The molecule has 264 valence electrons. The standard InChI is InChI=1S/C51H35N5/c1-4-15-34(16-5-1)37-21-14-22-40(31-37)55-45-25-12-10-23-41(45)43-32-38(27-29-47(43)55)39-28-30-48-44(33-39)42-24-11-13-26-46(42)56(48)51-53-49(35-17-6-2-7-18-35)52-50(54-51)36-19-8-3-9-20-36/h1-33,49H,(H,52,53,54). The first-order valence-electron chi connectivity index (χ1n) is 19.0. The minimum absolute atomic E-state index is 0.288. The molecule has 0 saturated heterocycles. The number of benzene rings is 8. The molecule has 1 N–H and O–H groups in total. The Hall–Kier alpha value is -7.50. The van der Waals surface area contributed by atoms with Crippen LogP contribution >= 0.6 is 0 Å². The SMILES string of the molecule is c1ccc(C2=NC(c3ccccc3)NC(n3c4ccccc4c4cc(-c5ccc6c(c5)c5ccccc5n6-c5cccc(-c6ccccc6)c5)ccc43)=N2)cc1. The van der Waals surface area contributed by atoms with E-state index in [4.69, 9.17) is 9.98 Å². The van der Waals surface area contributed by atoms with Crippen molar-refractivity contribution in [3.8, 4) is 27.9 Å². The van der Waals surface area contributed by atoms with Crippen molar-refractivity contribution in [1.82, 2.24) is 14.5 Å². The van der Waals surface area contributed by atoms with Crippen LogP contribution in [0, 0.1) is 0 Å². The lowest BCUT2D eigenvalue weighted by Crippen LogP contribution is -2.37. The minimum Gasteiger partial charge on any atom is -0.330 e. The highest BCUT2D eigenvalue weighted by Crippen LogP contribution is 2.38. The zero-order valence-corrected chi connectivity index (χ0v) is 30.4. The van der Waals surface area contributed by atoms with Gasteiger partial charge in [-0.15, -0.1) is 0 Å². The van der Waals surface area contributed by atoms with Gasteiger partial charge in [0, 0.05) is 32.8 Å². The summed E-state index contributed by atoms with van der Waals surface area (Å²) in [5, 5.41) is 8.49. The summed E-state index contributed by atoms with van der Waals surface area (Å²) < 4.78 is 4.65. The third-order valence-electron chi connectivity index (χ3n) is 11.0. The predicted molar refractivity (Wildman–Crippen MR) is 233 cm³/mol. The number of hydrogen-bond acceptors (Lipinski definition) is 3. The number of aromatic nitrogens is 2. The molecule has 0 radical (unpaired) electrons. The van der Waals surface area contributed by atoms with Crippen molar-refractivity contribution in [2.75, 3.05) is 0 Å². The molecule has 1 atom stereocenters. The molecule has 0 aliphatic carbocycles. The van der Waals surface area contributed by atoms with Crippen LogP contribution in [0.5, 0.6) is 0 Å². The number of nitrogens with zero attached hydrogens (tertiary/aromatic N) is 4. The molecule has 8 aromatic carbocycles. The molecule has 2 aromatic heterocycles. The fourth-order valence-corrected chi connectivity index (χ4v) is 8.34. The molecule has 0 bridgehead atoms. The molecule has 0 spiro atoms. The van der Waals surface area contributed by atoms with E-state index in [0.29, 0.717) is 5.84 Å². The molecular weight excluding hydrogens is 683 g/mol. The Balaban J connectivity index is 1.05. The highest BCUT2D eigenvalue weighted by molar-refractivity contribution is 6.18. The Labute approximate surface area is 324 Å². The molecule has 1 aliphatic heterocycles. The molecule has 5 nitrogen and oxygen atoms in total. The number of aliphatic imine (C=N–C) groups is 2. The van der Waals surface area contributed by atoms with Gasteiger partial charge in [0.1, 0.15) is 6.17 Å². The first-order chi connectivity index (χ1) is 27.8.